The zero-order valence-electron chi connectivity index (χ0n) is 16.2. The monoisotopic (exact) mass is 450 g/mol. The number of imidazole rings is 1. The van der Waals surface area contributed by atoms with Gasteiger partial charge in [0.05, 0.1) is 12.1 Å². The fourth-order valence-corrected chi connectivity index (χ4v) is 4.48. The molecule has 0 radical (unpaired) electrons. The molecule has 12 nitrogen and oxygen atoms in total. The van der Waals surface area contributed by atoms with E-state index in [0.29, 0.717) is 16.7 Å². The number of nitrogen functional groups attached to an aromatic ring is 1. The average molecular weight is 450 g/mol. The smallest absolute Gasteiger partial charge is 0.212 e. The van der Waals surface area contributed by atoms with E-state index in [9.17, 15) is 23.7 Å². The average Bonchev–Trinajstić information content (AvgIpc) is 3.29. The van der Waals surface area contributed by atoms with Gasteiger partial charge in [0.1, 0.15) is 35.9 Å². The van der Waals surface area contributed by atoms with E-state index in [0.717, 1.165) is 0 Å². The minimum Gasteiger partial charge on any atom is -0.508 e. The van der Waals surface area contributed by atoms with Crippen LogP contribution in [0.1, 0.15) is 11.8 Å². The van der Waals surface area contributed by atoms with Crippen molar-refractivity contribution in [3.63, 3.8) is 0 Å². The molecule has 1 aliphatic rings. The van der Waals surface area contributed by atoms with Crippen molar-refractivity contribution in [3.05, 3.63) is 42.5 Å². The molecule has 1 aromatic carbocycles. The van der Waals surface area contributed by atoms with Gasteiger partial charge in [-0.25, -0.2) is 28.1 Å². The number of sulfonamides is 1. The Balaban J connectivity index is 1.41. The lowest BCUT2D eigenvalue weighted by molar-refractivity contribution is -0.0330. The Morgan fingerprint density at radius 2 is 1.94 bits per heavy atom. The number of fused-ring (bicyclic) bond motifs is 1. The van der Waals surface area contributed by atoms with Crippen molar-refractivity contribution >= 4 is 27.0 Å². The lowest BCUT2D eigenvalue weighted by Gasteiger charge is -2.16. The number of nitrogens with one attached hydrogen (secondary N) is 1. The standard InChI is InChI=1S/C18H22N6O6S/c19-16-13-17(21-8-20-16)24(9-22-13)18-15(27)14(26)12(30-18)7-23-31(28,29)6-5-10-3-1-2-4-11(10)25/h1-4,8-9,12,14-15,18,23,25-27H,5-7H2,(H2,19,20,21). The van der Waals surface area contributed by atoms with E-state index >= 15 is 0 Å². The summed E-state index contributed by atoms with van der Waals surface area (Å²) in [7, 11) is -3.73. The molecular weight excluding hydrogens is 428 g/mol. The van der Waals surface area contributed by atoms with Crippen LogP contribution in [-0.4, -0.2) is 73.9 Å². The van der Waals surface area contributed by atoms with Crippen LogP contribution in [-0.2, 0) is 21.2 Å². The quantitative estimate of drug-likeness (QED) is 0.296. The number of nitrogens with zero attached hydrogens (tertiary/aromatic N) is 4. The van der Waals surface area contributed by atoms with Gasteiger partial charge in [-0.3, -0.25) is 4.57 Å². The van der Waals surface area contributed by atoms with Gasteiger partial charge in [0.2, 0.25) is 10.0 Å². The number of hydrogen-bond donors (Lipinski definition) is 5. The molecule has 0 saturated carbocycles. The van der Waals surface area contributed by atoms with Crippen LogP contribution in [0.5, 0.6) is 5.75 Å². The Morgan fingerprint density at radius 3 is 2.71 bits per heavy atom. The molecule has 1 aliphatic heterocycles. The number of aryl methyl sites for hydroxylation is 1. The normalized spacial score (nSPS) is 24.1. The fraction of sp³-hybridized carbons (Fsp3) is 0.389. The van der Waals surface area contributed by atoms with E-state index in [2.05, 4.69) is 19.7 Å². The van der Waals surface area contributed by atoms with Gasteiger partial charge in [-0.05, 0) is 18.1 Å². The Hall–Kier alpha value is -2.84. The highest BCUT2D eigenvalue weighted by molar-refractivity contribution is 7.89. The van der Waals surface area contributed by atoms with Crippen molar-refractivity contribution in [2.24, 2.45) is 0 Å². The third-order valence-corrected chi connectivity index (χ3v) is 6.48. The molecule has 3 aromatic rings. The molecule has 1 saturated heterocycles. The Labute approximate surface area is 177 Å². The Morgan fingerprint density at radius 1 is 1.16 bits per heavy atom. The van der Waals surface area contributed by atoms with Crippen LogP contribution in [0, 0.1) is 0 Å². The summed E-state index contributed by atoms with van der Waals surface area (Å²) in [6.07, 6.45) is -2.02. The molecule has 0 spiro atoms. The number of anilines is 1. The second kappa shape index (κ2) is 8.36. The molecule has 1 fully saturated rings. The summed E-state index contributed by atoms with van der Waals surface area (Å²) in [6, 6.07) is 6.48. The molecule has 6 N–H and O–H groups in total. The first-order chi connectivity index (χ1) is 14.8. The van der Waals surface area contributed by atoms with Gasteiger partial charge in [0.15, 0.2) is 17.7 Å². The van der Waals surface area contributed by atoms with Crippen LogP contribution in [0.25, 0.3) is 11.2 Å². The lowest BCUT2D eigenvalue weighted by atomic mass is 10.1. The summed E-state index contributed by atoms with van der Waals surface area (Å²) >= 11 is 0. The summed E-state index contributed by atoms with van der Waals surface area (Å²) in [6.45, 7) is -0.248. The van der Waals surface area contributed by atoms with Crippen molar-refractivity contribution in [1.29, 1.82) is 0 Å². The molecule has 31 heavy (non-hydrogen) atoms. The molecule has 0 amide bonds. The maximum Gasteiger partial charge on any atom is 0.212 e. The van der Waals surface area contributed by atoms with E-state index in [1.54, 1.807) is 18.2 Å². The predicted octanol–water partition coefficient (Wildman–Crippen LogP) is -1.10. The largest absolute Gasteiger partial charge is 0.508 e. The second-order valence-corrected chi connectivity index (χ2v) is 9.10. The summed E-state index contributed by atoms with van der Waals surface area (Å²) < 4.78 is 34.2. The summed E-state index contributed by atoms with van der Waals surface area (Å²) in [5, 5.41) is 30.6. The number of ether oxygens (including phenoxy) is 1. The van der Waals surface area contributed by atoms with Gasteiger partial charge in [-0.1, -0.05) is 18.2 Å². The number of aliphatic hydroxyl groups is 2. The van der Waals surface area contributed by atoms with Gasteiger partial charge < -0.3 is 25.8 Å². The number of phenols is 1. The first-order valence-electron chi connectivity index (χ1n) is 9.45. The topological polar surface area (TPSA) is 186 Å². The van der Waals surface area contributed by atoms with E-state index in [1.165, 1.54) is 23.3 Å². The molecule has 166 valence electrons. The summed E-state index contributed by atoms with van der Waals surface area (Å²) in [4.78, 5) is 12.0. The molecule has 2 aromatic heterocycles. The molecule has 0 bridgehead atoms. The van der Waals surface area contributed by atoms with Crippen LogP contribution in [0.15, 0.2) is 36.9 Å². The number of hydrogen-bond acceptors (Lipinski definition) is 10. The molecule has 13 heteroatoms. The van der Waals surface area contributed by atoms with Crippen molar-refractivity contribution in [2.45, 2.75) is 31.0 Å². The van der Waals surface area contributed by atoms with E-state index in [1.807, 2.05) is 0 Å². The maximum atomic E-state index is 12.3. The number of aliphatic hydroxyl groups excluding tert-OH is 2. The highest BCUT2D eigenvalue weighted by atomic mass is 32.2. The third-order valence-electron chi connectivity index (χ3n) is 5.13. The number of nitrogens with two attached hydrogens (primary N) is 1. The SMILES string of the molecule is Nc1ncnc2c1ncn2C1OC(CNS(=O)(=O)CCc2ccccc2O)C(O)C1O. The zero-order chi connectivity index (χ0) is 22.2. The van der Waals surface area contributed by atoms with Gasteiger partial charge in [-0.15, -0.1) is 0 Å². The van der Waals surface area contributed by atoms with E-state index in [-0.39, 0.29) is 30.3 Å². The zero-order valence-corrected chi connectivity index (χ0v) is 17.1. The van der Waals surface area contributed by atoms with E-state index in [4.69, 9.17) is 10.5 Å². The summed E-state index contributed by atoms with van der Waals surface area (Å²) in [5.74, 6) is -0.0809. The number of para-hydroxylation sites is 1. The number of aromatic nitrogens is 4. The lowest BCUT2D eigenvalue weighted by Crippen LogP contribution is -2.40. The van der Waals surface area contributed by atoms with Gasteiger partial charge >= 0.3 is 0 Å². The van der Waals surface area contributed by atoms with Crippen molar-refractivity contribution in [3.8, 4) is 5.75 Å². The van der Waals surface area contributed by atoms with Crippen LogP contribution in [0.4, 0.5) is 5.82 Å². The fourth-order valence-electron chi connectivity index (χ4n) is 3.43. The highest BCUT2D eigenvalue weighted by Gasteiger charge is 2.44. The molecule has 3 heterocycles. The molecular formula is C18H22N6O6S. The molecule has 4 unspecified atom stereocenters. The van der Waals surface area contributed by atoms with Crippen molar-refractivity contribution in [2.75, 3.05) is 18.0 Å². The Kier molecular flexibility index (Phi) is 5.77. The second-order valence-electron chi connectivity index (χ2n) is 7.18. The van der Waals surface area contributed by atoms with Crippen molar-refractivity contribution in [1.82, 2.24) is 24.2 Å². The molecule has 0 aliphatic carbocycles. The van der Waals surface area contributed by atoms with Gasteiger partial charge in [-0.2, -0.15) is 0 Å². The molecule has 4 rings (SSSR count). The number of aromatic hydroxyl groups is 1. The first-order valence-corrected chi connectivity index (χ1v) is 11.1. The van der Waals surface area contributed by atoms with Crippen LogP contribution in [0.3, 0.4) is 0 Å². The maximum absolute atomic E-state index is 12.3. The third kappa shape index (κ3) is 4.31. The first kappa shape index (κ1) is 21.4. The van der Waals surface area contributed by atoms with Crippen LogP contribution in [0.2, 0.25) is 0 Å². The van der Waals surface area contributed by atoms with Crippen molar-refractivity contribution < 1.29 is 28.5 Å². The van der Waals surface area contributed by atoms with Crippen LogP contribution >= 0.6 is 0 Å². The number of benzene rings is 1. The minimum absolute atomic E-state index is 0.0233. The minimum atomic E-state index is -3.73. The highest BCUT2D eigenvalue weighted by Crippen LogP contribution is 2.31. The van der Waals surface area contributed by atoms with Gasteiger partial charge in [0, 0.05) is 6.54 Å². The van der Waals surface area contributed by atoms with Crippen LogP contribution < -0.4 is 10.5 Å². The van der Waals surface area contributed by atoms with E-state index < -0.39 is 34.6 Å². The molecule has 4 atom stereocenters. The van der Waals surface area contributed by atoms with Gasteiger partial charge in [0.25, 0.3) is 0 Å². The number of phenolic OH excluding ortho intramolecular Hbond substituents is 1. The Bertz CT molecular complexity index is 1190. The number of rotatable bonds is 7. The summed E-state index contributed by atoms with van der Waals surface area (Å²) in [5.41, 5.74) is 6.90. The predicted molar refractivity (Wildman–Crippen MR) is 109 cm³/mol.